The molecule has 1 amide bonds. The number of carbonyl (C=O) groups excluding carboxylic acids is 1. The second-order valence-electron chi connectivity index (χ2n) is 4.28. The zero-order valence-corrected chi connectivity index (χ0v) is 12.3. The molecule has 0 radical (unpaired) electrons. The molecule has 1 aromatic carbocycles. The summed E-state index contributed by atoms with van der Waals surface area (Å²) in [6.07, 6.45) is 0. The molecule has 1 fully saturated rings. The molecule has 1 aliphatic heterocycles. The number of β-amino-alcohol motifs (C(OH)–C–C–N with tert-alkyl or cyclic N) is 2. The Hall–Kier alpha value is -0.560. The number of halogens is 1. The molecule has 4 nitrogen and oxygen atoms in total. The number of aliphatic hydroxyl groups is 2. The number of rotatable bonds is 1. The maximum atomic E-state index is 12.3. The van der Waals surface area contributed by atoms with Crippen LogP contribution in [0.5, 0.6) is 0 Å². The normalized spacial score (nSPS) is 18.8. The third kappa shape index (κ3) is 3.06. The maximum Gasteiger partial charge on any atom is 0.254 e. The molecular weight excluding hydrogens is 318 g/mol. The first-order valence-electron chi connectivity index (χ1n) is 5.53. The van der Waals surface area contributed by atoms with Gasteiger partial charge < -0.3 is 15.1 Å². The van der Waals surface area contributed by atoms with Crippen LogP contribution in [0, 0.1) is 6.92 Å². The molecule has 1 aromatic rings. The fourth-order valence-corrected chi connectivity index (χ4v) is 3.26. The van der Waals surface area contributed by atoms with Crippen LogP contribution in [0.2, 0.25) is 0 Å². The predicted octanol–water partition coefficient (Wildman–Crippen LogP) is 1.58. The van der Waals surface area contributed by atoms with E-state index < -0.39 is 5.12 Å². The van der Waals surface area contributed by atoms with Crippen molar-refractivity contribution >= 4 is 33.6 Å². The Morgan fingerprint density at radius 2 is 2.22 bits per heavy atom. The third-order valence-corrected chi connectivity index (χ3v) is 4.27. The Morgan fingerprint density at radius 3 is 2.83 bits per heavy atom. The zero-order chi connectivity index (χ0) is 13.3. The lowest BCUT2D eigenvalue weighted by Crippen LogP contribution is -2.49. The van der Waals surface area contributed by atoms with Gasteiger partial charge in [-0.05, 0) is 30.7 Å². The highest BCUT2D eigenvalue weighted by Gasteiger charge is 2.34. The lowest BCUT2D eigenvalue weighted by molar-refractivity contribution is -0.0933. The summed E-state index contributed by atoms with van der Waals surface area (Å²) in [4.78, 5) is 13.8. The van der Waals surface area contributed by atoms with Gasteiger partial charge in [-0.1, -0.05) is 27.7 Å². The number of amides is 1. The number of carbonyl (C=O) groups is 1. The van der Waals surface area contributed by atoms with Crippen LogP contribution in [0.1, 0.15) is 15.9 Å². The van der Waals surface area contributed by atoms with Gasteiger partial charge in [-0.25, -0.2) is 0 Å². The van der Waals surface area contributed by atoms with Gasteiger partial charge in [0.05, 0.1) is 6.54 Å². The van der Waals surface area contributed by atoms with Gasteiger partial charge in [0.2, 0.25) is 5.12 Å². The third-order valence-electron chi connectivity index (χ3n) is 2.80. The lowest BCUT2D eigenvalue weighted by atomic mass is 10.1. The fraction of sp³-hybridized carbons (Fsp3) is 0.417. The summed E-state index contributed by atoms with van der Waals surface area (Å²) in [5.41, 5.74) is 1.47. The van der Waals surface area contributed by atoms with Crippen LogP contribution in [-0.2, 0) is 0 Å². The van der Waals surface area contributed by atoms with Gasteiger partial charge in [-0.15, -0.1) is 0 Å². The largest absolute Gasteiger partial charge is 0.356 e. The van der Waals surface area contributed by atoms with E-state index in [9.17, 15) is 15.0 Å². The minimum absolute atomic E-state index is 0.0635. The molecule has 18 heavy (non-hydrogen) atoms. The number of thioether (sulfide) groups is 1. The zero-order valence-electron chi connectivity index (χ0n) is 9.89. The Labute approximate surface area is 118 Å². The van der Waals surface area contributed by atoms with Crippen molar-refractivity contribution in [2.24, 2.45) is 0 Å². The number of hydrogen-bond donors (Lipinski definition) is 2. The molecule has 0 spiro atoms. The molecule has 2 rings (SSSR count). The number of benzene rings is 1. The Bertz CT molecular complexity index is 478. The number of hydrogen-bond acceptors (Lipinski definition) is 4. The van der Waals surface area contributed by atoms with Crippen molar-refractivity contribution in [3.63, 3.8) is 0 Å². The van der Waals surface area contributed by atoms with Crippen LogP contribution in [0.4, 0.5) is 0 Å². The molecule has 0 aliphatic carbocycles. The first kappa shape index (κ1) is 13.9. The average molecular weight is 332 g/mol. The van der Waals surface area contributed by atoms with E-state index in [1.54, 1.807) is 6.07 Å². The summed E-state index contributed by atoms with van der Waals surface area (Å²) in [6.45, 7) is 2.33. The molecule has 98 valence electrons. The van der Waals surface area contributed by atoms with Crippen molar-refractivity contribution in [2.45, 2.75) is 12.0 Å². The van der Waals surface area contributed by atoms with E-state index in [0.717, 1.165) is 21.8 Å². The summed E-state index contributed by atoms with van der Waals surface area (Å²) in [7, 11) is 0. The molecule has 1 aliphatic rings. The Balaban J connectivity index is 2.20. The minimum Gasteiger partial charge on any atom is -0.356 e. The molecule has 2 N–H and O–H groups in total. The van der Waals surface area contributed by atoms with Crippen molar-refractivity contribution in [3.05, 3.63) is 33.8 Å². The summed E-state index contributed by atoms with van der Waals surface area (Å²) in [6, 6.07) is 5.43. The molecule has 1 saturated heterocycles. The summed E-state index contributed by atoms with van der Waals surface area (Å²) < 4.78 is 0.921. The second-order valence-corrected chi connectivity index (χ2v) is 6.54. The van der Waals surface area contributed by atoms with Crippen molar-refractivity contribution in [2.75, 3.05) is 18.8 Å². The quantitative estimate of drug-likeness (QED) is 0.767. The van der Waals surface area contributed by atoms with Gasteiger partial charge in [-0.2, -0.15) is 0 Å². The van der Waals surface area contributed by atoms with Gasteiger partial charge >= 0.3 is 0 Å². The first-order valence-corrected chi connectivity index (χ1v) is 7.31. The summed E-state index contributed by atoms with van der Waals surface area (Å²) >= 11 is 4.40. The van der Waals surface area contributed by atoms with Crippen LogP contribution >= 0.6 is 27.7 Å². The molecule has 1 heterocycles. The van der Waals surface area contributed by atoms with Gasteiger partial charge in [0.1, 0.15) is 0 Å². The van der Waals surface area contributed by atoms with Gasteiger partial charge in [0.15, 0.2) is 0 Å². The SMILES string of the molecule is Cc1cc(Br)ccc1C(=O)N1CCSC(O)(O)C1. The Kier molecular flexibility index (Phi) is 4.01. The van der Waals surface area contributed by atoms with Gasteiger partial charge in [0.25, 0.3) is 5.91 Å². The molecular formula is C12H14BrNO3S. The van der Waals surface area contributed by atoms with E-state index >= 15 is 0 Å². The highest BCUT2D eigenvalue weighted by atomic mass is 79.9. The molecule has 0 atom stereocenters. The fourth-order valence-electron chi connectivity index (χ4n) is 1.90. The number of nitrogens with zero attached hydrogens (tertiary/aromatic N) is 1. The van der Waals surface area contributed by atoms with E-state index in [0.29, 0.717) is 17.9 Å². The maximum absolute atomic E-state index is 12.3. The van der Waals surface area contributed by atoms with E-state index in [2.05, 4.69) is 15.9 Å². The van der Waals surface area contributed by atoms with Gasteiger partial charge in [0, 0.05) is 22.3 Å². The van der Waals surface area contributed by atoms with Crippen molar-refractivity contribution in [1.29, 1.82) is 0 Å². The summed E-state index contributed by atoms with van der Waals surface area (Å²) in [5, 5.41) is 17.3. The van der Waals surface area contributed by atoms with Crippen molar-refractivity contribution in [1.82, 2.24) is 4.90 Å². The van der Waals surface area contributed by atoms with Crippen molar-refractivity contribution < 1.29 is 15.0 Å². The van der Waals surface area contributed by atoms with E-state index in [4.69, 9.17) is 0 Å². The van der Waals surface area contributed by atoms with Crippen molar-refractivity contribution in [3.8, 4) is 0 Å². The molecule has 6 heteroatoms. The van der Waals surface area contributed by atoms with E-state index in [1.165, 1.54) is 4.90 Å². The predicted molar refractivity (Wildman–Crippen MR) is 74.4 cm³/mol. The number of aryl methyl sites for hydroxylation is 1. The van der Waals surface area contributed by atoms with Gasteiger partial charge in [-0.3, -0.25) is 4.79 Å². The molecule has 0 unspecified atom stereocenters. The van der Waals surface area contributed by atoms with Crippen LogP contribution in [-0.4, -0.2) is 45.0 Å². The van der Waals surface area contributed by atoms with E-state index in [1.807, 2.05) is 19.1 Å². The van der Waals surface area contributed by atoms with Crippen LogP contribution in [0.15, 0.2) is 22.7 Å². The second kappa shape index (κ2) is 5.21. The molecule has 0 saturated carbocycles. The summed E-state index contributed by atoms with van der Waals surface area (Å²) in [5.74, 6) is 0.363. The highest BCUT2D eigenvalue weighted by Crippen LogP contribution is 2.27. The standard InChI is InChI=1S/C12H14BrNO3S/c1-8-6-9(13)2-3-10(8)11(15)14-4-5-18-12(16,17)7-14/h2-3,6,16-17H,4-5,7H2,1H3. The smallest absolute Gasteiger partial charge is 0.254 e. The van der Waals surface area contributed by atoms with Crippen LogP contribution in [0.25, 0.3) is 0 Å². The highest BCUT2D eigenvalue weighted by molar-refractivity contribution is 9.10. The average Bonchev–Trinajstić information content (AvgIpc) is 2.27. The van der Waals surface area contributed by atoms with Crippen LogP contribution < -0.4 is 0 Å². The monoisotopic (exact) mass is 331 g/mol. The van der Waals surface area contributed by atoms with E-state index in [-0.39, 0.29) is 12.5 Å². The first-order chi connectivity index (χ1) is 8.39. The van der Waals surface area contributed by atoms with Crippen LogP contribution in [0.3, 0.4) is 0 Å². The lowest BCUT2D eigenvalue weighted by Gasteiger charge is -2.35. The molecule has 0 bridgehead atoms. The Morgan fingerprint density at radius 1 is 1.50 bits per heavy atom. The minimum atomic E-state index is -1.84. The molecule has 0 aromatic heterocycles. The topological polar surface area (TPSA) is 60.8 Å².